The molecular formula is C52H33N3O2. The fraction of sp³-hybridized carbons (Fsp3) is 0.0192. The minimum Gasteiger partial charge on any atom is -0.456 e. The van der Waals surface area contributed by atoms with Gasteiger partial charge in [-0.3, -0.25) is 0 Å². The lowest BCUT2D eigenvalue weighted by atomic mass is 9.97. The number of nitrogens with zero attached hydrogens (tertiary/aromatic N) is 3. The van der Waals surface area contributed by atoms with Gasteiger partial charge in [-0.1, -0.05) is 158 Å². The number of aromatic nitrogens is 3. The maximum absolute atomic E-state index is 6.43. The fourth-order valence-electron chi connectivity index (χ4n) is 8.21. The van der Waals surface area contributed by atoms with Crippen molar-refractivity contribution in [1.82, 2.24) is 15.0 Å². The first-order valence-electron chi connectivity index (χ1n) is 19.1. The third-order valence-corrected chi connectivity index (χ3v) is 11.0. The van der Waals surface area contributed by atoms with E-state index in [0.717, 1.165) is 76.5 Å². The number of rotatable bonds is 6. The Hall–Kier alpha value is -7.63. The second-order valence-electron chi connectivity index (χ2n) is 14.4. The SMILES string of the molecule is C=c1oc2c(ccc3ccccc32)/c1=C/C=C\Cc1ccc2oc3ccccc3c2c1-c1nc(-c2ccccc2)nc(-c2ccc3c(ccc4ccccc43)c2)n1. The summed E-state index contributed by atoms with van der Waals surface area (Å²) >= 11 is 0. The number of hydrogen-bond donors (Lipinski definition) is 0. The van der Waals surface area contributed by atoms with E-state index in [4.69, 9.17) is 23.8 Å². The van der Waals surface area contributed by atoms with Crippen LogP contribution in [0.3, 0.4) is 0 Å². The highest BCUT2D eigenvalue weighted by atomic mass is 16.3. The summed E-state index contributed by atoms with van der Waals surface area (Å²) in [6.07, 6.45) is 6.96. The van der Waals surface area contributed by atoms with Gasteiger partial charge in [0.25, 0.3) is 0 Å². The van der Waals surface area contributed by atoms with Crippen molar-refractivity contribution in [3.63, 3.8) is 0 Å². The molecule has 0 radical (unpaired) electrons. The standard InChI is InChI=1S/C52H33N3O2/c1-32-39(43-29-25-34-14-6-10-20-42(34)49(43)56-32)18-8-7-15-35-27-30-46-48(44-21-11-12-22-45(44)57-46)47(35)52-54-50(36-16-3-2-4-17-36)53-51(55-52)38-26-28-41-37(31-38)24-23-33-13-5-9-19-40(33)41/h2-14,16-31H,1,15H2/b8-7-,39-18+. The van der Waals surface area contributed by atoms with E-state index >= 15 is 0 Å². The molecule has 0 aliphatic rings. The Balaban J connectivity index is 1.08. The zero-order valence-corrected chi connectivity index (χ0v) is 30.8. The van der Waals surface area contributed by atoms with E-state index in [-0.39, 0.29) is 0 Å². The van der Waals surface area contributed by atoms with Crippen LogP contribution in [0.4, 0.5) is 0 Å². The lowest BCUT2D eigenvalue weighted by Gasteiger charge is -2.13. The van der Waals surface area contributed by atoms with Gasteiger partial charge in [0.2, 0.25) is 0 Å². The fourth-order valence-corrected chi connectivity index (χ4v) is 8.21. The number of fused-ring (bicyclic) bond motifs is 9. The quantitative estimate of drug-likeness (QED) is 0.159. The molecule has 0 saturated carbocycles. The first-order valence-corrected chi connectivity index (χ1v) is 19.1. The van der Waals surface area contributed by atoms with Gasteiger partial charge in [0.05, 0.1) is 0 Å². The third-order valence-electron chi connectivity index (χ3n) is 11.0. The van der Waals surface area contributed by atoms with E-state index in [1.807, 2.05) is 60.7 Å². The van der Waals surface area contributed by atoms with E-state index in [9.17, 15) is 0 Å². The van der Waals surface area contributed by atoms with Crippen molar-refractivity contribution in [2.24, 2.45) is 0 Å². The van der Waals surface area contributed by atoms with Crippen LogP contribution in [0.1, 0.15) is 5.56 Å². The molecular weight excluding hydrogens is 699 g/mol. The van der Waals surface area contributed by atoms with Gasteiger partial charge in [-0.25, -0.2) is 15.0 Å². The highest BCUT2D eigenvalue weighted by Crippen LogP contribution is 2.39. The minimum absolute atomic E-state index is 0.592. The van der Waals surface area contributed by atoms with E-state index in [0.29, 0.717) is 29.3 Å². The average molecular weight is 732 g/mol. The summed E-state index contributed by atoms with van der Waals surface area (Å²) in [4.78, 5) is 15.6. The van der Waals surface area contributed by atoms with E-state index in [2.05, 4.69) is 122 Å². The molecule has 0 amide bonds. The summed E-state index contributed by atoms with van der Waals surface area (Å²) in [6.45, 7) is 4.24. The molecule has 268 valence electrons. The molecule has 11 rings (SSSR count). The maximum atomic E-state index is 6.43. The Morgan fingerprint density at radius 1 is 0.491 bits per heavy atom. The number of furan rings is 2. The van der Waals surface area contributed by atoms with Crippen molar-refractivity contribution in [1.29, 1.82) is 0 Å². The Kier molecular flexibility index (Phi) is 7.64. The van der Waals surface area contributed by atoms with E-state index in [1.165, 1.54) is 16.2 Å². The molecule has 0 bridgehead atoms. The summed E-state index contributed by atoms with van der Waals surface area (Å²) in [6, 6.07) is 54.3. The molecule has 0 unspecified atom stereocenters. The zero-order valence-electron chi connectivity index (χ0n) is 30.8. The number of benzene rings is 8. The van der Waals surface area contributed by atoms with Gasteiger partial charge in [0.1, 0.15) is 22.2 Å². The molecule has 0 fully saturated rings. The highest BCUT2D eigenvalue weighted by molar-refractivity contribution is 6.13. The van der Waals surface area contributed by atoms with Crippen LogP contribution in [0, 0.1) is 0 Å². The topological polar surface area (TPSA) is 65.0 Å². The summed E-state index contributed by atoms with van der Waals surface area (Å²) in [5.74, 6) is 1.81. The van der Waals surface area contributed by atoms with Crippen LogP contribution in [-0.2, 0) is 6.42 Å². The molecule has 0 aliphatic heterocycles. The Bertz CT molecular complexity index is 3520. The van der Waals surface area contributed by atoms with Crippen LogP contribution in [0.25, 0.3) is 112 Å². The van der Waals surface area contributed by atoms with Gasteiger partial charge in [0, 0.05) is 43.5 Å². The molecule has 3 aromatic heterocycles. The second-order valence-corrected chi connectivity index (χ2v) is 14.4. The van der Waals surface area contributed by atoms with Gasteiger partial charge in [-0.2, -0.15) is 0 Å². The van der Waals surface area contributed by atoms with Gasteiger partial charge >= 0.3 is 0 Å². The molecule has 8 aromatic carbocycles. The third kappa shape index (κ3) is 5.59. The molecule has 0 atom stereocenters. The van der Waals surface area contributed by atoms with Crippen LogP contribution in [0.2, 0.25) is 0 Å². The van der Waals surface area contributed by atoms with Crippen LogP contribution in [0.15, 0.2) is 179 Å². The number of allylic oxidation sites excluding steroid dienone is 2. The molecule has 0 spiro atoms. The monoisotopic (exact) mass is 731 g/mol. The molecule has 5 nitrogen and oxygen atoms in total. The van der Waals surface area contributed by atoms with Gasteiger partial charge in [0.15, 0.2) is 17.5 Å². The molecule has 0 saturated heterocycles. The van der Waals surface area contributed by atoms with Crippen LogP contribution >= 0.6 is 0 Å². The van der Waals surface area contributed by atoms with Crippen molar-refractivity contribution in [3.05, 3.63) is 186 Å². The van der Waals surface area contributed by atoms with Crippen molar-refractivity contribution < 1.29 is 8.83 Å². The van der Waals surface area contributed by atoms with Crippen molar-refractivity contribution >= 4 is 77.9 Å². The van der Waals surface area contributed by atoms with Crippen LogP contribution < -0.4 is 10.6 Å². The molecule has 5 heteroatoms. The largest absolute Gasteiger partial charge is 0.456 e. The molecule has 0 aliphatic carbocycles. The first kappa shape index (κ1) is 32.8. The summed E-state index contributed by atoms with van der Waals surface area (Å²) in [7, 11) is 0. The van der Waals surface area contributed by atoms with Gasteiger partial charge < -0.3 is 8.83 Å². The zero-order chi connectivity index (χ0) is 37.9. The van der Waals surface area contributed by atoms with Crippen LogP contribution in [0.5, 0.6) is 0 Å². The van der Waals surface area contributed by atoms with Crippen molar-refractivity contribution in [2.75, 3.05) is 0 Å². The van der Waals surface area contributed by atoms with Crippen LogP contribution in [-0.4, -0.2) is 15.0 Å². The summed E-state index contributed by atoms with van der Waals surface area (Å²) < 4.78 is 12.6. The lowest BCUT2D eigenvalue weighted by molar-refractivity contribution is 0.580. The van der Waals surface area contributed by atoms with E-state index in [1.54, 1.807) is 0 Å². The summed E-state index contributed by atoms with van der Waals surface area (Å²) in [5.41, 5.74) is 6.93. The normalized spacial score (nSPS) is 12.4. The Morgan fingerprint density at radius 3 is 2.00 bits per heavy atom. The molecule has 11 aromatic rings. The predicted molar refractivity (Wildman–Crippen MR) is 234 cm³/mol. The highest BCUT2D eigenvalue weighted by Gasteiger charge is 2.21. The number of hydrogen-bond acceptors (Lipinski definition) is 5. The molecule has 3 heterocycles. The predicted octanol–water partition coefficient (Wildman–Crippen LogP) is 12.0. The van der Waals surface area contributed by atoms with E-state index < -0.39 is 0 Å². The maximum Gasteiger partial charge on any atom is 0.165 e. The van der Waals surface area contributed by atoms with Crippen molar-refractivity contribution in [2.45, 2.75) is 6.42 Å². The van der Waals surface area contributed by atoms with Gasteiger partial charge in [-0.05, 0) is 63.2 Å². The molecule has 0 N–H and O–H groups in total. The smallest absolute Gasteiger partial charge is 0.165 e. The number of para-hydroxylation sites is 1. The van der Waals surface area contributed by atoms with Crippen molar-refractivity contribution in [3.8, 4) is 34.2 Å². The first-order chi connectivity index (χ1) is 28.2. The molecule has 57 heavy (non-hydrogen) atoms. The average Bonchev–Trinajstić information content (AvgIpc) is 3.81. The Morgan fingerprint density at radius 2 is 1.14 bits per heavy atom. The lowest BCUT2D eigenvalue weighted by Crippen LogP contribution is -2.17. The second kappa shape index (κ2) is 13.3. The van der Waals surface area contributed by atoms with Gasteiger partial charge in [-0.15, -0.1) is 0 Å². The summed E-state index contributed by atoms with van der Waals surface area (Å²) in [5, 5.41) is 11.0. The minimum atomic E-state index is 0.592. The Labute approximate surface area is 327 Å².